The molecule has 34 heavy (non-hydrogen) atoms. The van der Waals surface area contributed by atoms with Gasteiger partial charge in [-0.15, -0.1) is 0 Å². The van der Waals surface area contributed by atoms with E-state index in [1.807, 2.05) is 65.6 Å². The van der Waals surface area contributed by atoms with E-state index < -0.39 is 0 Å². The second-order valence-electron chi connectivity index (χ2n) is 8.06. The van der Waals surface area contributed by atoms with E-state index in [9.17, 15) is 4.79 Å². The molecule has 0 atom stereocenters. The van der Waals surface area contributed by atoms with Gasteiger partial charge in [0.1, 0.15) is 11.4 Å². The van der Waals surface area contributed by atoms with E-state index in [-0.39, 0.29) is 5.91 Å². The van der Waals surface area contributed by atoms with Gasteiger partial charge < -0.3 is 19.1 Å². The Morgan fingerprint density at radius 2 is 1.76 bits per heavy atom. The number of benzene rings is 3. The van der Waals surface area contributed by atoms with Gasteiger partial charge in [0.15, 0.2) is 17.3 Å². The van der Waals surface area contributed by atoms with Crippen molar-refractivity contribution in [1.82, 2.24) is 14.9 Å². The van der Waals surface area contributed by atoms with Crippen LogP contribution in [0.15, 0.2) is 60.7 Å². The van der Waals surface area contributed by atoms with E-state index in [1.165, 1.54) is 0 Å². The van der Waals surface area contributed by atoms with E-state index in [2.05, 4.69) is 0 Å². The summed E-state index contributed by atoms with van der Waals surface area (Å²) >= 11 is 0. The third kappa shape index (κ3) is 3.79. The molecule has 2 heterocycles. The van der Waals surface area contributed by atoms with E-state index >= 15 is 0 Å². The van der Waals surface area contributed by atoms with Gasteiger partial charge in [-0.3, -0.25) is 4.79 Å². The zero-order valence-electron chi connectivity index (χ0n) is 19.4. The fourth-order valence-electron chi connectivity index (χ4n) is 4.44. The lowest BCUT2D eigenvalue weighted by atomic mass is 9.97. The zero-order chi connectivity index (χ0) is 23.7. The summed E-state index contributed by atoms with van der Waals surface area (Å²) in [4.78, 5) is 25.0. The maximum absolute atomic E-state index is 13.8. The molecule has 0 fully saturated rings. The molecular weight excluding hydrogens is 430 g/mol. The summed E-state index contributed by atoms with van der Waals surface area (Å²) < 4.78 is 16.4. The van der Waals surface area contributed by atoms with Gasteiger partial charge in [0.05, 0.1) is 26.8 Å². The standard InChI is InChI=1S/C27H25N3O4/c1-32-19-8-6-7-17(15-19)26-28-22-10-5-4-9-21(22)24(29-26)27(31)30-14-13-20-18(16-30)11-12-23(33-2)25(20)34-3/h4-12,15H,13-14,16H2,1-3H3. The summed E-state index contributed by atoms with van der Waals surface area (Å²) in [6.07, 6.45) is 0.674. The topological polar surface area (TPSA) is 73.8 Å². The van der Waals surface area contributed by atoms with Gasteiger partial charge >= 0.3 is 0 Å². The second kappa shape index (κ2) is 9.02. The molecule has 1 amide bonds. The van der Waals surface area contributed by atoms with Gasteiger partial charge in [0.2, 0.25) is 0 Å². The number of rotatable bonds is 5. The molecule has 0 unspecified atom stereocenters. The highest BCUT2D eigenvalue weighted by Gasteiger charge is 2.28. The molecule has 0 aliphatic carbocycles. The summed E-state index contributed by atoms with van der Waals surface area (Å²) in [7, 11) is 4.89. The minimum absolute atomic E-state index is 0.122. The molecule has 5 rings (SSSR count). The number of carbonyl (C=O) groups excluding carboxylic acids is 1. The molecule has 1 aliphatic heterocycles. The molecule has 1 aromatic heterocycles. The Morgan fingerprint density at radius 3 is 2.56 bits per heavy atom. The van der Waals surface area contributed by atoms with Gasteiger partial charge in [0, 0.05) is 29.6 Å². The largest absolute Gasteiger partial charge is 0.497 e. The molecular formula is C27H25N3O4. The first-order valence-electron chi connectivity index (χ1n) is 11.1. The van der Waals surface area contributed by atoms with Crippen LogP contribution in [0.2, 0.25) is 0 Å². The molecule has 0 N–H and O–H groups in total. The number of hydrogen-bond acceptors (Lipinski definition) is 6. The maximum atomic E-state index is 13.8. The number of amides is 1. The quantitative estimate of drug-likeness (QED) is 0.441. The van der Waals surface area contributed by atoms with Crippen LogP contribution in [0.5, 0.6) is 17.2 Å². The van der Waals surface area contributed by atoms with Gasteiger partial charge in [-0.05, 0) is 36.2 Å². The van der Waals surface area contributed by atoms with Gasteiger partial charge in [0.25, 0.3) is 5.91 Å². The summed E-state index contributed by atoms with van der Waals surface area (Å²) in [5.74, 6) is 2.51. The fraction of sp³-hybridized carbons (Fsp3) is 0.222. The first kappa shape index (κ1) is 21.7. The minimum Gasteiger partial charge on any atom is -0.497 e. The average Bonchev–Trinajstić information content (AvgIpc) is 2.90. The number of hydrogen-bond donors (Lipinski definition) is 0. The highest BCUT2D eigenvalue weighted by Crippen LogP contribution is 2.37. The molecule has 0 saturated heterocycles. The number of ether oxygens (including phenoxy) is 3. The maximum Gasteiger partial charge on any atom is 0.273 e. The normalized spacial score (nSPS) is 12.9. The molecule has 0 radical (unpaired) electrons. The zero-order valence-corrected chi connectivity index (χ0v) is 19.4. The molecule has 0 saturated carbocycles. The van der Waals surface area contributed by atoms with Crippen LogP contribution >= 0.6 is 0 Å². The Balaban J connectivity index is 1.55. The summed E-state index contributed by atoms with van der Waals surface area (Å²) in [6.45, 7) is 1.03. The predicted octanol–water partition coefficient (Wildman–Crippen LogP) is 4.52. The summed E-state index contributed by atoms with van der Waals surface area (Å²) in [5.41, 5.74) is 4.04. The molecule has 4 aromatic rings. The molecule has 3 aromatic carbocycles. The van der Waals surface area contributed by atoms with Crippen LogP contribution < -0.4 is 14.2 Å². The summed E-state index contributed by atoms with van der Waals surface area (Å²) in [6, 6.07) is 19.0. The number of methoxy groups -OCH3 is 3. The minimum atomic E-state index is -0.122. The highest BCUT2D eigenvalue weighted by atomic mass is 16.5. The first-order valence-corrected chi connectivity index (χ1v) is 11.1. The van der Waals surface area contributed by atoms with Gasteiger partial charge in [-0.2, -0.15) is 0 Å². The Bertz CT molecular complexity index is 1390. The molecule has 7 nitrogen and oxygen atoms in total. The SMILES string of the molecule is COc1cccc(-c2nc(C(=O)N3CCc4c(ccc(OC)c4OC)C3)c3ccccc3n2)c1. The van der Waals surface area contributed by atoms with Crippen LogP contribution in [0.3, 0.4) is 0 Å². The molecule has 1 aliphatic rings. The van der Waals surface area contributed by atoms with Crippen molar-refractivity contribution in [3.05, 3.63) is 77.5 Å². The molecule has 0 spiro atoms. The lowest BCUT2D eigenvalue weighted by Gasteiger charge is -2.30. The fourth-order valence-corrected chi connectivity index (χ4v) is 4.44. The van der Waals surface area contributed by atoms with Crippen LogP contribution in [-0.4, -0.2) is 48.6 Å². The van der Waals surface area contributed by atoms with Gasteiger partial charge in [-0.1, -0.05) is 36.4 Å². The van der Waals surface area contributed by atoms with Crippen molar-refractivity contribution in [2.45, 2.75) is 13.0 Å². The van der Waals surface area contributed by atoms with Crippen LogP contribution in [-0.2, 0) is 13.0 Å². The number of carbonyl (C=O) groups is 1. The lowest BCUT2D eigenvalue weighted by molar-refractivity contribution is 0.0730. The highest BCUT2D eigenvalue weighted by molar-refractivity contribution is 6.05. The van der Waals surface area contributed by atoms with Crippen LogP contribution in [0.25, 0.3) is 22.3 Å². The van der Waals surface area contributed by atoms with Crippen LogP contribution in [0.4, 0.5) is 0 Å². The third-order valence-electron chi connectivity index (χ3n) is 6.16. The predicted molar refractivity (Wildman–Crippen MR) is 130 cm³/mol. The molecule has 7 heteroatoms. The summed E-state index contributed by atoms with van der Waals surface area (Å²) in [5, 5.41) is 0.734. The van der Waals surface area contributed by atoms with Crippen LogP contribution in [0.1, 0.15) is 21.6 Å². The monoisotopic (exact) mass is 455 g/mol. The van der Waals surface area contributed by atoms with E-state index in [4.69, 9.17) is 24.2 Å². The second-order valence-corrected chi connectivity index (χ2v) is 8.06. The van der Waals surface area contributed by atoms with Crippen molar-refractivity contribution >= 4 is 16.8 Å². The Kier molecular flexibility index (Phi) is 5.76. The van der Waals surface area contributed by atoms with Crippen molar-refractivity contribution in [1.29, 1.82) is 0 Å². The molecule has 0 bridgehead atoms. The Hall–Kier alpha value is -4.13. The van der Waals surface area contributed by atoms with Crippen LogP contribution in [0, 0.1) is 0 Å². The van der Waals surface area contributed by atoms with Crippen molar-refractivity contribution in [3.8, 4) is 28.6 Å². The third-order valence-corrected chi connectivity index (χ3v) is 6.16. The number of para-hydroxylation sites is 1. The number of fused-ring (bicyclic) bond motifs is 2. The van der Waals surface area contributed by atoms with E-state index in [1.54, 1.807) is 21.3 Å². The Morgan fingerprint density at radius 1 is 0.912 bits per heavy atom. The van der Waals surface area contributed by atoms with Gasteiger partial charge in [-0.25, -0.2) is 9.97 Å². The van der Waals surface area contributed by atoms with E-state index in [0.717, 1.165) is 33.3 Å². The lowest BCUT2D eigenvalue weighted by Crippen LogP contribution is -2.36. The first-order chi connectivity index (χ1) is 16.6. The smallest absolute Gasteiger partial charge is 0.273 e. The van der Waals surface area contributed by atoms with Crippen molar-refractivity contribution in [2.75, 3.05) is 27.9 Å². The van der Waals surface area contributed by atoms with E-state index in [0.29, 0.717) is 42.5 Å². The number of nitrogens with zero attached hydrogens (tertiary/aromatic N) is 3. The van der Waals surface area contributed by atoms with Crippen molar-refractivity contribution in [3.63, 3.8) is 0 Å². The number of aromatic nitrogens is 2. The average molecular weight is 456 g/mol. The molecule has 172 valence electrons. The van der Waals surface area contributed by atoms with Crippen molar-refractivity contribution < 1.29 is 19.0 Å². The van der Waals surface area contributed by atoms with Crippen molar-refractivity contribution in [2.24, 2.45) is 0 Å². The Labute approximate surface area is 197 Å².